The Bertz CT molecular complexity index is 1600. The number of benzene rings is 3. The zero-order chi connectivity index (χ0) is 32.4. The highest BCUT2D eigenvalue weighted by Crippen LogP contribution is 2.57. The van der Waals surface area contributed by atoms with Gasteiger partial charge in [0, 0.05) is 28.9 Å². The highest BCUT2D eigenvalue weighted by Gasteiger charge is 2.73. The van der Waals surface area contributed by atoms with Gasteiger partial charge >= 0.3 is 24.4 Å². The molecule has 44 heavy (non-hydrogen) atoms. The van der Waals surface area contributed by atoms with Crippen molar-refractivity contribution < 1.29 is 58.2 Å². The molecule has 2 amide bonds. The maximum absolute atomic E-state index is 14.7. The molecular formula is C29H20F10N2O3. The van der Waals surface area contributed by atoms with E-state index in [1.807, 2.05) is 0 Å². The normalized spacial score (nSPS) is 18.3. The number of halogens is 10. The lowest BCUT2D eigenvalue weighted by Crippen LogP contribution is -2.50. The molecule has 0 saturated heterocycles. The Kier molecular flexibility index (Phi) is 7.36. The van der Waals surface area contributed by atoms with Gasteiger partial charge in [0.2, 0.25) is 0 Å². The molecule has 2 unspecified atom stereocenters. The van der Waals surface area contributed by atoms with Crippen molar-refractivity contribution in [2.45, 2.75) is 43.6 Å². The van der Waals surface area contributed by atoms with Crippen LogP contribution in [0.5, 0.6) is 5.75 Å². The second kappa shape index (κ2) is 10.4. The van der Waals surface area contributed by atoms with Gasteiger partial charge in [0.15, 0.2) is 5.75 Å². The second-order valence-corrected chi connectivity index (χ2v) is 10.4. The molecule has 3 aromatic carbocycles. The number of hydrogen-bond donors (Lipinski definition) is 1. The van der Waals surface area contributed by atoms with Gasteiger partial charge < -0.3 is 15.0 Å². The van der Waals surface area contributed by atoms with Crippen molar-refractivity contribution in [1.29, 1.82) is 0 Å². The standard InChI is InChI=1S/C29H20F10N2O3/c1-14-10-17(26(30,27(31,32)33)28(34,35)36)12-21(44-29(37,38)39)23(14)40-24(42)18-8-5-9-20-22(18)19-11-16(19)13-41(20)25(43)15-6-3-2-4-7-15/h2-10,12,16,19H,11,13H2,1H3,(H,40,42). The third kappa shape index (κ3) is 5.43. The Hall–Kier alpha value is -4.30. The summed E-state index contributed by atoms with van der Waals surface area (Å²) < 4.78 is 138. The van der Waals surface area contributed by atoms with Gasteiger partial charge in [-0.2, -0.15) is 26.3 Å². The lowest BCUT2D eigenvalue weighted by molar-refractivity contribution is -0.348. The molecule has 0 spiro atoms. The summed E-state index contributed by atoms with van der Waals surface area (Å²) in [7, 11) is 0. The largest absolute Gasteiger partial charge is 0.573 e. The van der Waals surface area contributed by atoms with Crippen LogP contribution in [-0.4, -0.2) is 37.1 Å². The van der Waals surface area contributed by atoms with Crippen molar-refractivity contribution in [2.75, 3.05) is 16.8 Å². The fourth-order valence-corrected chi connectivity index (χ4v) is 5.43. The maximum atomic E-state index is 14.7. The Labute approximate surface area is 242 Å². The zero-order valence-corrected chi connectivity index (χ0v) is 22.3. The molecule has 15 heteroatoms. The molecular weight excluding hydrogens is 614 g/mol. The van der Waals surface area contributed by atoms with Crippen LogP contribution in [0, 0.1) is 12.8 Å². The van der Waals surface area contributed by atoms with Gasteiger partial charge in [0.1, 0.15) is 0 Å². The fraction of sp³-hybridized carbons (Fsp3) is 0.310. The molecule has 234 valence electrons. The number of ether oxygens (including phenoxy) is 1. The number of nitrogens with one attached hydrogen (secondary N) is 1. The number of amides is 2. The molecule has 0 bridgehead atoms. The van der Waals surface area contributed by atoms with Gasteiger partial charge in [0.25, 0.3) is 11.8 Å². The van der Waals surface area contributed by atoms with E-state index in [1.54, 1.807) is 36.4 Å². The van der Waals surface area contributed by atoms with Crippen molar-refractivity contribution in [1.82, 2.24) is 0 Å². The summed E-state index contributed by atoms with van der Waals surface area (Å²) in [6.45, 7) is 1.12. The van der Waals surface area contributed by atoms with Crippen molar-refractivity contribution in [3.63, 3.8) is 0 Å². The van der Waals surface area contributed by atoms with Crippen LogP contribution in [0.25, 0.3) is 0 Å². The summed E-state index contributed by atoms with van der Waals surface area (Å²) >= 11 is 0. The van der Waals surface area contributed by atoms with E-state index in [0.29, 0.717) is 29.8 Å². The summed E-state index contributed by atoms with van der Waals surface area (Å²) in [6.07, 6.45) is -18.3. The number of hydrogen-bond acceptors (Lipinski definition) is 3. The van der Waals surface area contributed by atoms with E-state index < -0.39 is 58.9 Å². The number of fused-ring (bicyclic) bond motifs is 3. The predicted octanol–water partition coefficient (Wildman–Crippen LogP) is 8.20. The van der Waals surface area contributed by atoms with E-state index in [-0.39, 0.29) is 29.4 Å². The van der Waals surface area contributed by atoms with E-state index in [0.717, 1.165) is 6.92 Å². The summed E-state index contributed by atoms with van der Waals surface area (Å²) in [5, 5.41) is 2.09. The van der Waals surface area contributed by atoms with Gasteiger partial charge in [-0.25, -0.2) is 4.39 Å². The van der Waals surface area contributed by atoms with Crippen LogP contribution in [-0.2, 0) is 5.67 Å². The molecule has 1 fully saturated rings. The van der Waals surface area contributed by atoms with Gasteiger partial charge in [-0.3, -0.25) is 9.59 Å². The van der Waals surface area contributed by atoms with Crippen molar-refractivity contribution in [2.24, 2.45) is 5.92 Å². The molecule has 1 N–H and O–H groups in total. The predicted molar refractivity (Wildman–Crippen MR) is 136 cm³/mol. The average molecular weight is 634 g/mol. The number of carbonyl (C=O) groups excluding carboxylic acids is 2. The van der Waals surface area contributed by atoms with E-state index in [2.05, 4.69) is 10.1 Å². The lowest BCUT2D eigenvalue weighted by Gasteiger charge is -2.31. The molecule has 1 heterocycles. The minimum atomic E-state index is -6.61. The Morgan fingerprint density at radius 3 is 2.09 bits per heavy atom. The van der Waals surface area contributed by atoms with Gasteiger partial charge in [-0.1, -0.05) is 24.3 Å². The molecule has 2 aliphatic rings. The van der Waals surface area contributed by atoms with Crippen LogP contribution in [0.15, 0.2) is 60.7 Å². The van der Waals surface area contributed by atoms with Gasteiger partial charge in [0.05, 0.1) is 5.69 Å². The SMILES string of the molecule is Cc1cc(C(F)(C(F)(F)F)C(F)(F)F)cc(OC(F)(F)F)c1NC(=O)c1cccc2c1C1CC1CN2C(=O)c1ccccc1. The summed E-state index contributed by atoms with van der Waals surface area (Å²) in [6, 6.07) is 12.2. The van der Waals surface area contributed by atoms with Crippen molar-refractivity contribution in [3.05, 3.63) is 88.5 Å². The number of nitrogens with zero attached hydrogens (tertiary/aromatic N) is 1. The lowest BCUT2D eigenvalue weighted by atomic mass is 9.91. The molecule has 5 rings (SSSR count). The number of anilines is 2. The van der Waals surface area contributed by atoms with Crippen LogP contribution in [0.1, 0.15) is 49.7 Å². The van der Waals surface area contributed by atoms with Crippen LogP contribution in [0.2, 0.25) is 0 Å². The number of carbonyl (C=O) groups is 2. The van der Waals surface area contributed by atoms with Crippen LogP contribution in [0.3, 0.4) is 0 Å². The summed E-state index contributed by atoms with van der Waals surface area (Å²) in [5.74, 6) is -3.36. The third-order valence-corrected chi connectivity index (χ3v) is 7.54. The van der Waals surface area contributed by atoms with Crippen LogP contribution < -0.4 is 15.0 Å². The molecule has 0 aromatic heterocycles. The van der Waals surface area contributed by atoms with Crippen LogP contribution in [0.4, 0.5) is 55.3 Å². The molecule has 1 aliphatic carbocycles. The highest BCUT2D eigenvalue weighted by molar-refractivity contribution is 6.11. The first kappa shape index (κ1) is 31.1. The monoisotopic (exact) mass is 634 g/mol. The number of alkyl halides is 10. The van der Waals surface area contributed by atoms with Crippen molar-refractivity contribution in [3.8, 4) is 5.75 Å². The van der Waals surface area contributed by atoms with E-state index in [4.69, 9.17) is 0 Å². The fourth-order valence-electron chi connectivity index (χ4n) is 5.43. The van der Waals surface area contributed by atoms with Gasteiger partial charge in [-0.05, 0) is 72.7 Å². The smallest absolute Gasteiger partial charge is 0.404 e. The summed E-state index contributed by atoms with van der Waals surface area (Å²) in [4.78, 5) is 28.2. The van der Waals surface area contributed by atoms with Gasteiger partial charge in [-0.15, -0.1) is 13.2 Å². The molecule has 1 aliphatic heterocycles. The van der Waals surface area contributed by atoms with Crippen LogP contribution >= 0.6 is 0 Å². The number of rotatable bonds is 5. The van der Waals surface area contributed by atoms with E-state index in [9.17, 15) is 53.5 Å². The van der Waals surface area contributed by atoms with E-state index in [1.165, 1.54) is 17.0 Å². The summed E-state index contributed by atoms with van der Waals surface area (Å²) in [5.41, 5.74) is -8.95. The number of aryl methyl sites for hydroxylation is 1. The second-order valence-electron chi connectivity index (χ2n) is 10.4. The molecule has 3 aromatic rings. The maximum Gasteiger partial charge on any atom is 0.573 e. The molecule has 1 saturated carbocycles. The molecule has 2 atom stereocenters. The minimum Gasteiger partial charge on any atom is -0.404 e. The van der Waals surface area contributed by atoms with Crippen molar-refractivity contribution >= 4 is 23.2 Å². The average Bonchev–Trinajstić information content (AvgIpc) is 3.71. The minimum absolute atomic E-state index is 0.0309. The first-order valence-electron chi connectivity index (χ1n) is 12.9. The Balaban J connectivity index is 1.56. The third-order valence-electron chi connectivity index (χ3n) is 7.54. The Morgan fingerprint density at radius 1 is 0.864 bits per heavy atom. The zero-order valence-electron chi connectivity index (χ0n) is 22.3. The Morgan fingerprint density at radius 2 is 1.50 bits per heavy atom. The molecule has 0 radical (unpaired) electrons. The topological polar surface area (TPSA) is 58.6 Å². The highest BCUT2D eigenvalue weighted by atomic mass is 19.4. The first-order valence-corrected chi connectivity index (χ1v) is 12.9. The quantitative estimate of drug-likeness (QED) is 0.288. The van der Waals surface area contributed by atoms with E-state index >= 15 is 0 Å². The molecule has 5 nitrogen and oxygen atoms in total. The first-order chi connectivity index (χ1) is 20.3.